The number of fused-ring (bicyclic) bond motifs is 1. The number of benzene rings is 3. The third-order valence-corrected chi connectivity index (χ3v) is 7.49. The predicted octanol–water partition coefficient (Wildman–Crippen LogP) is 5.32. The third kappa shape index (κ3) is 7.42. The van der Waals surface area contributed by atoms with Crippen molar-refractivity contribution in [1.29, 1.82) is 0 Å². The van der Waals surface area contributed by atoms with Crippen molar-refractivity contribution in [3.05, 3.63) is 101 Å². The van der Waals surface area contributed by atoms with Crippen LogP contribution in [0.25, 0.3) is 0 Å². The number of hydrogen-bond donors (Lipinski definition) is 1. The van der Waals surface area contributed by atoms with Crippen LogP contribution in [0.15, 0.2) is 72.8 Å². The molecule has 2 heterocycles. The number of hydrogen-bond acceptors (Lipinski definition) is 5. The van der Waals surface area contributed by atoms with Crippen LogP contribution in [-0.4, -0.2) is 50.9 Å². The average Bonchev–Trinajstić information content (AvgIpc) is 2.95. The molecule has 2 atom stereocenters. The first-order valence-corrected chi connectivity index (χ1v) is 13.7. The van der Waals surface area contributed by atoms with Gasteiger partial charge in [0.1, 0.15) is 5.75 Å². The van der Waals surface area contributed by atoms with Gasteiger partial charge in [-0.3, -0.25) is 0 Å². The molecule has 1 fully saturated rings. The molecule has 2 aliphatic rings. The smallest absolute Gasteiger partial charge is 0.119 e. The van der Waals surface area contributed by atoms with E-state index in [1.54, 1.807) is 0 Å². The molecule has 5 rings (SSSR count). The predicted molar refractivity (Wildman–Crippen MR) is 148 cm³/mol. The molecule has 5 nitrogen and oxygen atoms in total. The van der Waals surface area contributed by atoms with Gasteiger partial charge in [-0.15, -0.1) is 0 Å². The molecule has 1 saturated heterocycles. The number of ether oxygens (including phenoxy) is 3. The van der Waals surface area contributed by atoms with Crippen LogP contribution in [0.1, 0.15) is 46.6 Å². The van der Waals surface area contributed by atoms with Crippen molar-refractivity contribution in [1.82, 2.24) is 10.2 Å². The van der Waals surface area contributed by atoms with E-state index in [2.05, 4.69) is 71.9 Å². The van der Waals surface area contributed by atoms with Gasteiger partial charge >= 0.3 is 0 Å². The van der Waals surface area contributed by atoms with Crippen molar-refractivity contribution in [2.45, 2.75) is 51.0 Å². The molecule has 0 spiro atoms. The zero-order valence-electron chi connectivity index (χ0n) is 22.0. The zero-order chi connectivity index (χ0) is 25.3. The van der Waals surface area contributed by atoms with Gasteiger partial charge in [0.15, 0.2) is 0 Å². The first-order chi connectivity index (χ1) is 18.2. The Hall–Kier alpha value is -2.70. The minimum atomic E-state index is 0.171. The summed E-state index contributed by atoms with van der Waals surface area (Å²) in [6, 6.07) is 25.8. The van der Waals surface area contributed by atoms with Gasteiger partial charge in [0, 0.05) is 32.0 Å². The summed E-state index contributed by atoms with van der Waals surface area (Å²) in [5.41, 5.74) is 6.75. The Morgan fingerprint density at radius 3 is 2.62 bits per heavy atom. The van der Waals surface area contributed by atoms with E-state index < -0.39 is 0 Å². The Kier molecular flexibility index (Phi) is 9.25. The second-order valence-electron chi connectivity index (χ2n) is 10.3. The lowest BCUT2D eigenvalue weighted by Crippen LogP contribution is -2.41. The molecule has 1 N–H and O–H groups in total. The number of nitrogens with zero attached hydrogens (tertiary/aromatic N) is 1. The molecule has 2 aliphatic heterocycles. The van der Waals surface area contributed by atoms with Gasteiger partial charge in [-0.1, -0.05) is 60.7 Å². The fourth-order valence-corrected chi connectivity index (χ4v) is 5.35. The van der Waals surface area contributed by atoms with Crippen LogP contribution in [0.4, 0.5) is 0 Å². The summed E-state index contributed by atoms with van der Waals surface area (Å²) in [7, 11) is 2.19. The minimum Gasteiger partial charge on any atom is -0.494 e. The van der Waals surface area contributed by atoms with Gasteiger partial charge in [-0.05, 0) is 66.4 Å². The molecule has 0 aliphatic carbocycles. The third-order valence-electron chi connectivity index (χ3n) is 7.49. The molecule has 5 heteroatoms. The van der Waals surface area contributed by atoms with Crippen LogP contribution < -0.4 is 10.1 Å². The average molecular weight is 501 g/mol. The number of nitrogens with one attached hydrogen (secondary N) is 1. The van der Waals surface area contributed by atoms with Crippen molar-refractivity contribution in [3.8, 4) is 5.75 Å². The molecule has 2 unspecified atom stereocenters. The van der Waals surface area contributed by atoms with Crippen LogP contribution in [0.2, 0.25) is 0 Å². The highest BCUT2D eigenvalue weighted by atomic mass is 16.5. The standard InChI is InChI=1S/C32H40N2O3/c1-34-17-15-28-20-26(8-9-29(28)22-34)24-37-32-21-33-16-14-31(32)27-10-12-30(13-11-27)36-19-5-18-35-23-25-6-3-2-4-7-25/h2-4,6-13,20,31-33H,5,14-19,21-24H2,1H3. The SMILES string of the molecule is CN1CCc2cc(COC3CNCCC3c3ccc(OCCCOCc4ccccc4)cc3)ccc2C1. The summed E-state index contributed by atoms with van der Waals surface area (Å²) < 4.78 is 18.2. The summed E-state index contributed by atoms with van der Waals surface area (Å²) >= 11 is 0. The molecule has 0 amide bonds. The lowest BCUT2D eigenvalue weighted by atomic mass is 9.87. The Morgan fingerprint density at radius 1 is 0.892 bits per heavy atom. The lowest BCUT2D eigenvalue weighted by molar-refractivity contribution is 0.0105. The Morgan fingerprint density at radius 2 is 1.76 bits per heavy atom. The molecule has 0 bridgehead atoms. The van der Waals surface area contributed by atoms with E-state index in [0.717, 1.165) is 51.2 Å². The molecule has 0 aromatic heterocycles. The molecular weight excluding hydrogens is 460 g/mol. The minimum absolute atomic E-state index is 0.171. The van der Waals surface area contributed by atoms with Crippen LogP contribution in [0.5, 0.6) is 5.75 Å². The van der Waals surface area contributed by atoms with E-state index in [9.17, 15) is 0 Å². The van der Waals surface area contributed by atoms with Gasteiger partial charge in [-0.2, -0.15) is 0 Å². The second kappa shape index (κ2) is 13.2. The van der Waals surface area contributed by atoms with Crippen LogP contribution in [-0.2, 0) is 35.7 Å². The Labute approximate surface area is 221 Å². The molecule has 0 radical (unpaired) electrons. The number of likely N-dealkylation sites (N-methyl/N-ethyl adjacent to an activating group) is 1. The topological polar surface area (TPSA) is 43.0 Å². The monoisotopic (exact) mass is 500 g/mol. The molecule has 3 aromatic carbocycles. The van der Waals surface area contributed by atoms with Gasteiger partial charge in [-0.25, -0.2) is 0 Å². The van der Waals surface area contributed by atoms with Crippen molar-refractivity contribution in [2.24, 2.45) is 0 Å². The summed E-state index contributed by atoms with van der Waals surface area (Å²) in [6.45, 7) is 6.77. The van der Waals surface area contributed by atoms with Crippen LogP contribution in [0.3, 0.4) is 0 Å². The normalized spacial score (nSPS) is 19.9. The molecular formula is C32H40N2O3. The Bertz CT molecular complexity index is 1100. The number of rotatable bonds is 11. The van der Waals surface area contributed by atoms with E-state index in [1.165, 1.54) is 27.8 Å². The largest absolute Gasteiger partial charge is 0.494 e. The van der Waals surface area contributed by atoms with Gasteiger partial charge in [0.05, 0.1) is 32.5 Å². The van der Waals surface area contributed by atoms with Gasteiger partial charge < -0.3 is 24.4 Å². The highest BCUT2D eigenvalue weighted by Crippen LogP contribution is 2.30. The highest BCUT2D eigenvalue weighted by molar-refractivity contribution is 5.34. The van der Waals surface area contributed by atoms with E-state index >= 15 is 0 Å². The van der Waals surface area contributed by atoms with Gasteiger partial charge in [0.2, 0.25) is 0 Å². The van der Waals surface area contributed by atoms with Crippen molar-refractivity contribution in [3.63, 3.8) is 0 Å². The van der Waals surface area contributed by atoms with Crippen molar-refractivity contribution < 1.29 is 14.2 Å². The van der Waals surface area contributed by atoms with Crippen LogP contribution in [0, 0.1) is 0 Å². The summed E-state index contributed by atoms with van der Waals surface area (Å²) in [5.74, 6) is 1.31. The first-order valence-electron chi connectivity index (χ1n) is 13.7. The molecule has 3 aromatic rings. The van der Waals surface area contributed by atoms with E-state index in [1.807, 2.05) is 18.2 Å². The van der Waals surface area contributed by atoms with Crippen LogP contribution >= 0.6 is 0 Å². The van der Waals surface area contributed by atoms with E-state index in [4.69, 9.17) is 14.2 Å². The lowest BCUT2D eigenvalue weighted by Gasteiger charge is -2.33. The zero-order valence-corrected chi connectivity index (χ0v) is 22.0. The fraction of sp³-hybridized carbons (Fsp3) is 0.438. The molecule has 196 valence electrons. The van der Waals surface area contributed by atoms with Crippen molar-refractivity contribution in [2.75, 3.05) is 39.9 Å². The number of piperidine rings is 1. The first kappa shape index (κ1) is 25.9. The maximum atomic E-state index is 6.49. The summed E-state index contributed by atoms with van der Waals surface area (Å²) in [4.78, 5) is 2.38. The maximum Gasteiger partial charge on any atom is 0.119 e. The summed E-state index contributed by atoms with van der Waals surface area (Å²) in [6.07, 6.45) is 3.25. The van der Waals surface area contributed by atoms with E-state index in [-0.39, 0.29) is 6.10 Å². The molecule has 0 saturated carbocycles. The van der Waals surface area contributed by atoms with E-state index in [0.29, 0.717) is 32.3 Å². The molecule has 37 heavy (non-hydrogen) atoms. The maximum absolute atomic E-state index is 6.49. The van der Waals surface area contributed by atoms with Gasteiger partial charge in [0.25, 0.3) is 0 Å². The summed E-state index contributed by atoms with van der Waals surface area (Å²) in [5, 5.41) is 3.52. The quantitative estimate of drug-likeness (QED) is 0.361. The highest BCUT2D eigenvalue weighted by Gasteiger charge is 2.27. The fourth-order valence-electron chi connectivity index (χ4n) is 5.35. The van der Waals surface area contributed by atoms with Crippen molar-refractivity contribution >= 4 is 0 Å². The second-order valence-corrected chi connectivity index (χ2v) is 10.3. The Balaban J connectivity index is 1.08.